The first-order chi connectivity index (χ1) is 8.79. The lowest BCUT2D eigenvalue weighted by Crippen LogP contribution is -2.60. The quantitative estimate of drug-likeness (QED) is 0.513. The van der Waals surface area contributed by atoms with Crippen LogP contribution in [0.1, 0.15) is 40.0 Å². The lowest BCUT2D eigenvalue weighted by Gasteiger charge is -2.55. The van der Waals surface area contributed by atoms with Crippen molar-refractivity contribution < 1.29 is 19.7 Å². The highest BCUT2D eigenvalue weighted by Gasteiger charge is 2.60. The Hall–Kier alpha value is -1.13. The van der Waals surface area contributed by atoms with Gasteiger partial charge >= 0.3 is 5.97 Å². The van der Waals surface area contributed by atoms with Crippen molar-refractivity contribution in [2.45, 2.75) is 57.8 Å². The summed E-state index contributed by atoms with van der Waals surface area (Å²) in [5.41, 5.74) is 0.662. The number of hydrogen-bond acceptors (Lipinski definition) is 4. The molecule has 4 atom stereocenters. The largest absolute Gasteiger partial charge is 0.454 e. The molecule has 0 aromatic rings. The summed E-state index contributed by atoms with van der Waals surface area (Å²) in [6.45, 7) is 5.55. The Kier molecular flexibility index (Phi) is 2.51. The Morgan fingerprint density at radius 3 is 2.79 bits per heavy atom. The zero-order valence-electron chi connectivity index (χ0n) is 11.6. The molecule has 0 radical (unpaired) electrons. The number of esters is 1. The summed E-state index contributed by atoms with van der Waals surface area (Å²) in [4.78, 5) is 11.7. The summed E-state index contributed by atoms with van der Waals surface area (Å²) in [5.74, 6) is -0.290. The minimum atomic E-state index is -1.08. The van der Waals surface area contributed by atoms with E-state index in [9.17, 15) is 15.0 Å². The number of hydrogen-bond donors (Lipinski definition) is 2. The Balaban J connectivity index is 2.11. The fraction of sp³-hybridized carbons (Fsp3) is 0.667. The van der Waals surface area contributed by atoms with Crippen molar-refractivity contribution in [1.82, 2.24) is 0 Å². The molecule has 0 bridgehead atoms. The minimum Gasteiger partial charge on any atom is -0.454 e. The average Bonchev–Trinajstić information content (AvgIpc) is 2.61. The second kappa shape index (κ2) is 3.70. The Bertz CT molecular complexity index is 518. The van der Waals surface area contributed by atoms with Crippen molar-refractivity contribution >= 4 is 5.97 Å². The van der Waals surface area contributed by atoms with E-state index in [1.165, 1.54) is 0 Å². The molecule has 104 valence electrons. The maximum atomic E-state index is 11.7. The van der Waals surface area contributed by atoms with Gasteiger partial charge in [-0.25, -0.2) is 4.79 Å². The molecule has 1 aliphatic heterocycles. The summed E-state index contributed by atoms with van der Waals surface area (Å²) < 4.78 is 5.37. The molecule has 0 amide bonds. The molecular formula is C15H20O4. The number of carbonyl (C=O) groups is 1. The van der Waals surface area contributed by atoms with Crippen molar-refractivity contribution in [1.29, 1.82) is 0 Å². The van der Waals surface area contributed by atoms with Crippen LogP contribution in [0.2, 0.25) is 0 Å². The maximum Gasteiger partial charge on any atom is 0.334 e. The molecule has 1 fully saturated rings. The van der Waals surface area contributed by atoms with E-state index in [4.69, 9.17) is 4.74 Å². The number of aliphatic hydroxyl groups is 2. The lowest BCUT2D eigenvalue weighted by molar-refractivity contribution is -0.162. The van der Waals surface area contributed by atoms with Crippen LogP contribution in [-0.2, 0) is 9.53 Å². The van der Waals surface area contributed by atoms with Crippen LogP contribution in [0.4, 0.5) is 0 Å². The second-order valence-electron chi connectivity index (χ2n) is 6.34. The van der Waals surface area contributed by atoms with Gasteiger partial charge in [0.05, 0.1) is 11.7 Å². The summed E-state index contributed by atoms with van der Waals surface area (Å²) in [6.07, 6.45) is 2.42. The van der Waals surface area contributed by atoms with Crippen molar-refractivity contribution in [3.8, 4) is 0 Å². The van der Waals surface area contributed by atoms with E-state index in [2.05, 4.69) is 0 Å². The first-order valence-corrected chi connectivity index (χ1v) is 6.78. The number of ether oxygens (including phenoxy) is 1. The predicted octanol–water partition coefficient (Wildman–Crippen LogP) is 1.47. The third kappa shape index (κ3) is 1.44. The third-order valence-electron chi connectivity index (χ3n) is 5.46. The fourth-order valence-corrected chi connectivity index (χ4v) is 3.82. The van der Waals surface area contributed by atoms with Gasteiger partial charge in [0.1, 0.15) is 6.10 Å². The van der Waals surface area contributed by atoms with Crippen LogP contribution in [-0.4, -0.2) is 34.0 Å². The first kappa shape index (κ1) is 12.9. The fourth-order valence-electron chi connectivity index (χ4n) is 3.82. The van der Waals surface area contributed by atoms with Crippen LogP contribution >= 0.6 is 0 Å². The summed E-state index contributed by atoms with van der Waals surface area (Å²) in [6, 6.07) is 0. The molecule has 4 heteroatoms. The first-order valence-electron chi connectivity index (χ1n) is 6.78. The van der Waals surface area contributed by atoms with Crippen LogP contribution < -0.4 is 0 Å². The van der Waals surface area contributed by atoms with Gasteiger partial charge in [-0.2, -0.15) is 0 Å². The van der Waals surface area contributed by atoms with Gasteiger partial charge in [0, 0.05) is 17.4 Å². The minimum absolute atomic E-state index is 0.279. The normalized spacial score (nSPS) is 45.5. The molecule has 0 aromatic carbocycles. The van der Waals surface area contributed by atoms with E-state index in [0.29, 0.717) is 24.8 Å². The van der Waals surface area contributed by atoms with Gasteiger partial charge in [0.25, 0.3) is 0 Å². The highest BCUT2D eigenvalue weighted by molar-refractivity contribution is 5.91. The Morgan fingerprint density at radius 1 is 1.42 bits per heavy atom. The highest BCUT2D eigenvalue weighted by Crippen LogP contribution is 2.56. The molecule has 0 spiro atoms. The van der Waals surface area contributed by atoms with Gasteiger partial charge in [-0.05, 0) is 37.8 Å². The van der Waals surface area contributed by atoms with Gasteiger partial charge in [-0.3, -0.25) is 0 Å². The molecule has 2 N–H and O–H groups in total. The summed E-state index contributed by atoms with van der Waals surface area (Å²) >= 11 is 0. The lowest BCUT2D eigenvalue weighted by atomic mass is 9.54. The predicted molar refractivity (Wildman–Crippen MR) is 69.3 cm³/mol. The topological polar surface area (TPSA) is 66.8 Å². The number of rotatable bonds is 0. The van der Waals surface area contributed by atoms with Crippen LogP contribution in [0.15, 0.2) is 22.8 Å². The van der Waals surface area contributed by atoms with E-state index in [1.54, 1.807) is 6.92 Å². The van der Waals surface area contributed by atoms with Gasteiger partial charge in [-0.15, -0.1) is 0 Å². The molecule has 1 heterocycles. The van der Waals surface area contributed by atoms with Gasteiger partial charge in [-0.1, -0.05) is 13.0 Å². The molecule has 4 nitrogen and oxygen atoms in total. The van der Waals surface area contributed by atoms with Gasteiger partial charge in [0.15, 0.2) is 0 Å². The van der Waals surface area contributed by atoms with Gasteiger partial charge < -0.3 is 14.9 Å². The number of fused-ring (bicyclic) bond motifs is 2. The molecule has 3 rings (SSSR count). The van der Waals surface area contributed by atoms with E-state index in [-0.39, 0.29) is 12.1 Å². The summed E-state index contributed by atoms with van der Waals surface area (Å²) in [7, 11) is 0. The van der Waals surface area contributed by atoms with Crippen LogP contribution in [0.3, 0.4) is 0 Å². The van der Waals surface area contributed by atoms with E-state index in [1.807, 2.05) is 19.9 Å². The standard InChI is InChI=1S/C15H20O4/c1-8-4-5-12(16)14(3)7-11-10(6-15(8,14)18)9(2)13(17)19-11/h4,11-12,16,18H,5-7H2,1-3H3/t11-,12+,14-,15-/m0/s1. The van der Waals surface area contributed by atoms with E-state index >= 15 is 0 Å². The SMILES string of the molecule is CC1=CC[C@@H](O)[C@]2(C)C[C@@H]3OC(=O)C(C)=C3C[C@]12O. The molecule has 0 saturated heterocycles. The van der Waals surface area contributed by atoms with E-state index < -0.39 is 17.1 Å². The Labute approximate surface area is 112 Å². The van der Waals surface area contributed by atoms with E-state index in [0.717, 1.165) is 11.1 Å². The molecule has 19 heavy (non-hydrogen) atoms. The zero-order chi connectivity index (χ0) is 14.0. The second-order valence-corrected chi connectivity index (χ2v) is 6.34. The summed E-state index contributed by atoms with van der Waals surface area (Å²) in [5, 5.41) is 21.4. The van der Waals surface area contributed by atoms with Crippen molar-refractivity contribution in [3.05, 3.63) is 22.8 Å². The average molecular weight is 264 g/mol. The van der Waals surface area contributed by atoms with Crippen molar-refractivity contribution in [2.75, 3.05) is 0 Å². The van der Waals surface area contributed by atoms with Gasteiger partial charge in [0.2, 0.25) is 0 Å². The Morgan fingerprint density at radius 2 is 2.11 bits per heavy atom. The number of carbonyl (C=O) groups excluding carboxylic acids is 1. The van der Waals surface area contributed by atoms with Crippen LogP contribution in [0, 0.1) is 5.41 Å². The smallest absolute Gasteiger partial charge is 0.334 e. The molecule has 0 unspecified atom stereocenters. The maximum absolute atomic E-state index is 11.7. The van der Waals surface area contributed by atoms with Crippen molar-refractivity contribution in [2.24, 2.45) is 5.41 Å². The third-order valence-corrected chi connectivity index (χ3v) is 5.46. The molecule has 3 aliphatic rings. The molecule has 0 aromatic heterocycles. The zero-order valence-corrected chi connectivity index (χ0v) is 11.6. The monoisotopic (exact) mass is 264 g/mol. The number of aliphatic hydroxyl groups excluding tert-OH is 1. The van der Waals surface area contributed by atoms with Crippen LogP contribution in [0.5, 0.6) is 0 Å². The van der Waals surface area contributed by atoms with Crippen LogP contribution in [0.25, 0.3) is 0 Å². The molecule has 1 saturated carbocycles. The molecule has 2 aliphatic carbocycles. The highest BCUT2D eigenvalue weighted by atomic mass is 16.5. The van der Waals surface area contributed by atoms with Crippen molar-refractivity contribution in [3.63, 3.8) is 0 Å². The molecular weight excluding hydrogens is 244 g/mol.